The molecule has 2 aromatic rings. The zero-order valence-corrected chi connectivity index (χ0v) is 14.7. The lowest BCUT2D eigenvalue weighted by atomic mass is 9.97. The summed E-state index contributed by atoms with van der Waals surface area (Å²) in [7, 11) is 0. The number of halogens is 3. The van der Waals surface area contributed by atoms with Crippen LogP contribution in [0.15, 0.2) is 10.9 Å². The van der Waals surface area contributed by atoms with Gasteiger partial charge in [-0.1, -0.05) is 18.3 Å². The highest BCUT2D eigenvalue weighted by Crippen LogP contribution is 2.23. The van der Waals surface area contributed by atoms with Crippen LogP contribution < -0.4 is 10.9 Å². The fourth-order valence-corrected chi connectivity index (χ4v) is 3.77. The summed E-state index contributed by atoms with van der Waals surface area (Å²) in [6, 6.07) is 1.48. The second-order valence-electron chi connectivity index (χ2n) is 6.26. The smallest absolute Gasteiger partial charge is 0.360 e. The Morgan fingerprint density at radius 1 is 1.36 bits per heavy atom. The zero-order valence-electron chi connectivity index (χ0n) is 13.8. The van der Waals surface area contributed by atoms with Gasteiger partial charge in [0.2, 0.25) is 10.1 Å². The van der Waals surface area contributed by atoms with Crippen molar-refractivity contribution in [3.05, 3.63) is 22.1 Å². The van der Waals surface area contributed by atoms with Gasteiger partial charge in [-0.25, -0.2) is 4.98 Å². The summed E-state index contributed by atoms with van der Waals surface area (Å²) >= 11 is 1.31. The highest BCUT2D eigenvalue weighted by Gasteiger charge is 2.32. The fourth-order valence-electron chi connectivity index (χ4n) is 2.94. The van der Waals surface area contributed by atoms with E-state index in [4.69, 9.17) is 0 Å². The number of nitrogens with one attached hydrogen (secondary N) is 1. The number of aryl methyl sites for hydroxylation is 1. The molecule has 0 bridgehead atoms. The van der Waals surface area contributed by atoms with Crippen molar-refractivity contribution in [2.45, 2.75) is 32.4 Å². The van der Waals surface area contributed by atoms with Gasteiger partial charge in [0.05, 0.1) is 6.54 Å². The van der Waals surface area contributed by atoms with E-state index in [1.54, 1.807) is 0 Å². The number of fused-ring (bicyclic) bond motifs is 1. The number of hydrogen-bond acceptors (Lipinski definition) is 6. The molecular formula is C15H20F3N5OS. The molecule has 0 unspecified atom stereocenters. The van der Waals surface area contributed by atoms with Crippen molar-refractivity contribution in [3.8, 4) is 0 Å². The summed E-state index contributed by atoms with van der Waals surface area (Å²) in [5, 5.41) is 8.03. The predicted octanol–water partition coefficient (Wildman–Crippen LogP) is 2.40. The first-order valence-corrected chi connectivity index (χ1v) is 9.08. The Labute approximate surface area is 146 Å². The number of likely N-dealkylation sites (tertiary alicyclic amines) is 1. The summed E-state index contributed by atoms with van der Waals surface area (Å²) in [5.74, 6) is 0.298. The normalized spacial score (nSPS) is 17.3. The van der Waals surface area contributed by atoms with E-state index in [1.165, 1.54) is 26.8 Å². The van der Waals surface area contributed by atoms with Gasteiger partial charge >= 0.3 is 6.18 Å². The highest BCUT2D eigenvalue weighted by atomic mass is 32.1. The minimum Gasteiger partial charge on any atom is -0.360 e. The predicted molar refractivity (Wildman–Crippen MR) is 90.2 cm³/mol. The van der Waals surface area contributed by atoms with Crippen LogP contribution in [-0.4, -0.2) is 51.9 Å². The van der Waals surface area contributed by atoms with Gasteiger partial charge < -0.3 is 5.32 Å². The van der Waals surface area contributed by atoms with Gasteiger partial charge in [-0.2, -0.15) is 17.7 Å². The van der Waals surface area contributed by atoms with Crippen LogP contribution in [0.25, 0.3) is 4.96 Å². The molecule has 1 saturated heterocycles. The maximum atomic E-state index is 12.4. The van der Waals surface area contributed by atoms with Crippen molar-refractivity contribution >= 4 is 21.4 Å². The molecule has 0 radical (unpaired) electrons. The van der Waals surface area contributed by atoms with Gasteiger partial charge in [-0.15, -0.1) is 5.10 Å². The lowest BCUT2D eigenvalue weighted by molar-refractivity contribution is -0.148. The SMILES string of the molecule is CCc1cc(=O)n2nc(NCC3CCN(CC(F)(F)F)CC3)sc2n1. The second-order valence-corrected chi connectivity index (χ2v) is 7.21. The van der Waals surface area contributed by atoms with E-state index >= 15 is 0 Å². The van der Waals surface area contributed by atoms with Crippen molar-refractivity contribution in [1.29, 1.82) is 0 Å². The largest absolute Gasteiger partial charge is 0.401 e. The van der Waals surface area contributed by atoms with Crippen LogP contribution in [0.3, 0.4) is 0 Å². The molecule has 0 aliphatic carbocycles. The highest BCUT2D eigenvalue weighted by molar-refractivity contribution is 7.20. The summed E-state index contributed by atoms with van der Waals surface area (Å²) in [6.45, 7) is 2.64. The molecule has 1 fully saturated rings. The Kier molecular flexibility index (Phi) is 5.28. The van der Waals surface area contributed by atoms with E-state index in [2.05, 4.69) is 15.4 Å². The van der Waals surface area contributed by atoms with Crippen molar-refractivity contribution < 1.29 is 13.2 Å². The van der Waals surface area contributed by atoms with Crippen LogP contribution in [0.2, 0.25) is 0 Å². The molecule has 0 aromatic carbocycles. The third-order valence-electron chi connectivity index (χ3n) is 4.31. The summed E-state index contributed by atoms with van der Waals surface area (Å²) in [4.78, 5) is 18.3. The van der Waals surface area contributed by atoms with E-state index in [0.29, 0.717) is 54.9 Å². The molecular weight excluding hydrogens is 355 g/mol. The van der Waals surface area contributed by atoms with Crippen LogP contribution in [0.5, 0.6) is 0 Å². The summed E-state index contributed by atoms with van der Waals surface area (Å²) in [5.41, 5.74) is 0.531. The van der Waals surface area contributed by atoms with Gasteiger partial charge in [0.1, 0.15) is 0 Å². The number of rotatable bonds is 5. The molecule has 6 nitrogen and oxygen atoms in total. The molecule has 0 amide bonds. The van der Waals surface area contributed by atoms with Gasteiger partial charge in [0, 0.05) is 18.3 Å². The molecule has 0 saturated carbocycles. The molecule has 3 heterocycles. The average Bonchev–Trinajstić information content (AvgIpc) is 2.96. The Hall–Kier alpha value is -1.68. The molecule has 1 aliphatic rings. The Morgan fingerprint density at radius 2 is 2.08 bits per heavy atom. The van der Waals surface area contributed by atoms with E-state index < -0.39 is 12.7 Å². The minimum atomic E-state index is -4.14. The Bertz CT molecular complexity index is 780. The molecule has 138 valence electrons. The fraction of sp³-hybridized carbons (Fsp3) is 0.667. The first-order valence-electron chi connectivity index (χ1n) is 8.27. The number of piperidine rings is 1. The van der Waals surface area contributed by atoms with Crippen LogP contribution in [0.1, 0.15) is 25.5 Å². The van der Waals surface area contributed by atoms with E-state index in [9.17, 15) is 18.0 Å². The monoisotopic (exact) mass is 375 g/mol. The van der Waals surface area contributed by atoms with Crippen LogP contribution >= 0.6 is 11.3 Å². The van der Waals surface area contributed by atoms with Crippen LogP contribution in [0, 0.1) is 5.92 Å². The number of anilines is 1. The maximum absolute atomic E-state index is 12.4. The molecule has 0 atom stereocenters. The number of nitrogens with zero attached hydrogens (tertiary/aromatic N) is 4. The van der Waals surface area contributed by atoms with Gasteiger partial charge in [-0.05, 0) is 38.3 Å². The second kappa shape index (κ2) is 7.28. The molecule has 10 heteroatoms. The van der Waals surface area contributed by atoms with E-state index in [1.807, 2.05) is 6.92 Å². The number of aromatic nitrogens is 3. The molecule has 1 N–H and O–H groups in total. The zero-order chi connectivity index (χ0) is 18.0. The summed E-state index contributed by atoms with van der Waals surface area (Å²) in [6.07, 6.45) is -2.02. The Balaban J connectivity index is 1.55. The molecule has 1 aliphatic heterocycles. The van der Waals surface area contributed by atoms with Crippen LogP contribution in [0.4, 0.5) is 18.3 Å². The van der Waals surface area contributed by atoms with Crippen molar-refractivity contribution in [2.75, 3.05) is 31.5 Å². The van der Waals surface area contributed by atoms with Crippen LogP contribution in [-0.2, 0) is 6.42 Å². The molecule has 0 spiro atoms. The topological polar surface area (TPSA) is 62.5 Å². The van der Waals surface area contributed by atoms with Crippen molar-refractivity contribution in [1.82, 2.24) is 19.5 Å². The summed E-state index contributed by atoms with van der Waals surface area (Å²) < 4.78 is 38.5. The Morgan fingerprint density at radius 3 is 2.72 bits per heavy atom. The third kappa shape index (κ3) is 4.69. The van der Waals surface area contributed by atoms with Crippen molar-refractivity contribution in [3.63, 3.8) is 0 Å². The molecule has 2 aromatic heterocycles. The lowest BCUT2D eigenvalue weighted by Gasteiger charge is -2.32. The molecule has 3 rings (SSSR count). The van der Waals surface area contributed by atoms with E-state index in [-0.39, 0.29) is 5.56 Å². The lowest BCUT2D eigenvalue weighted by Crippen LogP contribution is -2.41. The van der Waals surface area contributed by atoms with E-state index in [0.717, 1.165) is 5.69 Å². The van der Waals surface area contributed by atoms with Gasteiger partial charge in [-0.3, -0.25) is 9.69 Å². The third-order valence-corrected chi connectivity index (χ3v) is 5.18. The first-order chi connectivity index (χ1) is 11.8. The first kappa shape index (κ1) is 18.1. The molecule has 25 heavy (non-hydrogen) atoms. The maximum Gasteiger partial charge on any atom is 0.401 e. The van der Waals surface area contributed by atoms with Gasteiger partial charge in [0.25, 0.3) is 5.56 Å². The number of alkyl halides is 3. The van der Waals surface area contributed by atoms with Gasteiger partial charge in [0.15, 0.2) is 0 Å². The van der Waals surface area contributed by atoms with Crippen molar-refractivity contribution in [2.24, 2.45) is 5.92 Å². The minimum absolute atomic E-state index is 0.202. The standard InChI is InChI=1S/C15H20F3N5OS/c1-2-11-7-12(24)23-14(20-11)25-13(21-23)19-8-10-3-5-22(6-4-10)9-15(16,17)18/h7,10H,2-6,8-9H2,1H3,(H,19,21). The quantitative estimate of drug-likeness (QED) is 0.870. The number of hydrogen-bond donors (Lipinski definition) is 1. The average molecular weight is 375 g/mol.